The molecule has 2 aliphatic heterocycles. The van der Waals surface area contributed by atoms with Crippen molar-refractivity contribution in [2.24, 2.45) is 11.1 Å². The van der Waals surface area contributed by atoms with Gasteiger partial charge in [-0.05, 0) is 15.9 Å². The Morgan fingerprint density at radius 3 is 2.91 bits per heavy atom. The Hall–Kier alpha value is -0.100. The molecule has 62 valence electrons. The lowest BCUT2D eigenvalue weighted by Crippen LogP contribution is -2.17. The average molecular weight is 240 g/mol. The molecule has 4 nitrogen and oxygen atoms in total. The second-order valence-corrected chi connectivity index (χ2v) is 5.71. The molecule has 2 atom stereocenters. The number of nitrogens with zero attached hydrogens (tertiary/aromatic N) is 1. The van der Waals surface area contributed by atoms with Crippen LogP contribution in [0.25, 0.3) is 0 Å². The first-order valence-electron chi connectivity index (χ1n) is 3.18. The first-order chi connectivity index (χ1) is 5.08. The Kier molecular flexibility index (Phi) is 1.51. The molecule has 0 saturated carbocycles. The molecule has 1 saturated heterocycles. The Labute approximate surface area is 72.6 Å². The van der Waals surface area contributed by atoms with Crippen molar-refractivity contribution in [3.05, 3.63) is 0 Å². The van der Waals surface area contributed by atoms with Crippen LogP contribution < -0.4 is 0 Å². The van der Waals surface area contributed by atoms with E-state index in [9.17, 15) is 8.42 Å². The fourth-order valence-electron chi connectivity index (χ4n) is 1.33. The minimum atomic E-state index is -2.87. The van der Waals surface area contributed by atoms with Crippen LogP contribution in [-0.4, -0.2) is 30.6 Å². The van der Waals surface area contributed by atoms with Crippen LogP contribution in [0.2, 0.25) is 0 Å². The van der Waals surface area contributed by atoms with E-state index in [2.05, 4.69) is 21.1 Å². The number of fused-ring (bicyclic) bond motifs is 1. The van der Waals surface area contributed by atoms with Crippen molar-refractivity contribution in [3.63, 3.8) is 0 Å². The predicted molar refractivity (Wildman–Crippen MR) is 43.4 cm³/mol. The highest BCUT2D eigenvalue weighted by atomic mass is 79.9. The molecule has 0 unspecified atom stereocenters. The third-order valence-corrected chi connectivity index (χ3v) is 4.32. The lowest BCUT2D eigenvalue weighted by Gasteiger charge is -2.01. The van der Waals surface area contributed by atoms with Gasteiger partial charge in [0.1, 0.15) is 4.62 Å². The van der Waals surface area contributed by atoms with Gasteiger partial charge in [-0.3, -0.25) is 0 Å². The summed E-state index contributed by atoms with van der Waals surface area (Å²) in [6.45, 7) is 0. The van der Waals surface area contributed by atoms with Crippen LogP contribution in [0.4, 0.5) is 0 Å². The number of halogens is 1. The smallest absolute Gasteiger partial charge is 0.154 e. The molecule has 0 aromatic carbocycles. The van der Waals surface area contributed by atoms with E-state index in [1.165, 1.54) is 0 Å². The highest BCUT2D eigenvalue weighted by Crippen LogP contribution is 2.30. The molecule has 0 radical (unpaired) electrons. The van der Waals surface area contributed by atoms with Gasteiger partial charge in [0.15, 0.2) is 15.9 Å². The molecule has 0 bridgehead atoms. The number of oxime groups is 1. The standard InChI is InChI=1S/C5H6BrNO3S/c6-5-3-1-11(8,9)2-4(3)10-7-5/h3-4H,1-2H2/t3-,4-/m0/s1. The van der Waals surface area contributed by atoms with E-state index in [0.717, 1.165) is 0 Å². The van der Waals surface area contributed by atoms with Gasteiger partial charge in [-0.2, -0.15) is 0 Å². The van der Waals surface area contributed by atoms with Gasteiger partial charge in [0.05, 0.1) is 17.4 Å². The maximum absolute atomic E-state index is 11.0. The van der Waals surface area contributed by atoms with Crippen LogP contribution in [0.1, 0.15) is 0 Å². The van der Waals surface area contributed by atoms with E-state index in [0.29, 0.717) is 4.62 Å². The summed E-state index contributed by atoms with van der Waals surface area (Å²) in [7, 11) is -2.87. The van der Waals surface area contributed by atoms with Gasteiger partial charge < -0.3 is 4.84 Å². The topological polar surface area (TPSA) is 55.7 Å². The van der Waals surface area contributed by atoms with Gasteiger partial charge in [0.2, 0.25) is 0 Å². The summed E-state index contributed by atoms with van der Waals surface area (Å²) < 4.78 is 22.7. The fourth-order valence-corrected chi connectivity index (χ4v) is 3.93. The first kappa shape index (κ1) is 7.54. The minimum Gasteiger partial charge on any atom is -0.390 e. The van der Waals surface area contributed by atoms with Gasteiger partial charge in [-0.15, -0.1) is 0 Å². The zero-order valence-corrected chi connectivity index (χ0v) is 7.93. The predicted octanol–water partition coefficient (Wildman–Crippen LogP) is 0.138. The minimum absolute atomic E-state index is 0.0556. The van der Waals surface area contributed by atoms with Crippen LogP contribution >= 0.6 is 15.9 Å². The molecular weight excluding hydrogens is 234 g/mol. The summed E-state index contributed by atoms with van der Waals surface area (Å²) >= 11 is 3.16. The quantitative estimate of drug-likeness (QED) is 0.605. The van der Waals surface area contributed by atoms with Crippen molar-refractivity contribution in [1.29, 1.82) is 0 Å². The van der Waals surface area contributed by atoms with E-state index in [1.54, 1.807) is 0 Å². The molecule has 0 aromatic rings. The van der Waals surface area contributed by atoms with Crippen molar-refractivity contribution < 1.29 is 13.3 Å². The highest BCUT2D eigenvalue weighted by Gasteiger charge is 2.45. The second kappa shape index (κ2) is 2.20. The van der Waals surface area contributed by atoms with Gasteiger partial charge in [-0.1, -0.05) is 5.16 Å². The first-order valence-corrected chi connectivity index (χ1v) is 5.79. The molecule has 2 heterocycles. The van der Waals surface area contributed by atoms with Crippen LogP contribution in [0, 0.1) is 5.92 Å². The van der Waals surface area contributed by atoms with Crippen LogP contribution in [-0.2, 0) is 14.7 Å². The van der Waals surface area contributed by atoms with E-state index >= 15 is 0 Å². The zero-order valence-electron chi connectivity index (χ0n) is 5.53. The monoisotopic (exact) mass is 239 g/mol. The third kappa shape index (κ3) is 1.18. The fraction of sp³-hybridized carbons (Fsp3) is 0.800. The maximum atomic E-state index is 11.0. The SMILES string of the molecule is O=S1(=O)C[C@@H]2ON=C(Br)[C@H]2C1. The lowest BCUT2D eigenvalue weighted by atomic mass is 10.1. The molecule has 0 spiro atoms. The molecule has 2 rings (SSSR count). The Morgan fingerprint density at radius 2 is 2.27 bits per heavy atom. The number of hydrogen-bond donors (Lipinski definition) is 0. The summed E-state index contributed by atoms with van der Waals surface area (Å²) in [6.07, 6.45) is -0.241. The molecule has 2 aliphatic rings. The van der Waals surface area contributed by atoms with Crippen molar-refractivity contribution >= 4 is 30.4 Å². The van der Waals surface area contributed by atoms with Crippen LogP contribution in [0.3, 0.4) is 0 Å². The lowest BCUT2D eigenvalue weighted by molar-refractivity contribution is 0.0882. The van der Waals surface area contributed by atoms with Crippen molar-refractivity contribution in [3.8, 4) is 0 Å². The van der Waals surface area contributed by atoms with Gasteiger partial charge in [0.25, 0.3) is 0 Å². The maximum Gasteiger partial charge on any atom is 0.154 e. The summed E-state index contributed by atoms with van der Waals surface area (Å²) in [4.78, 5) is 4.89. The molecule has 6 heteroatoms. The van der Waals surface area contributed by atoms with Crippen LogP contribution in [0.5, 0.6) is 0 Å². The molecule has 0 aliphatic carbocycles. The molecule has 11 heavy (non-hydrogen) atoms. The Balaban J connectivity index is 2.29. The van der Waals surface area contributed by atoms with E-state index in [4.69, 9.17) is 4.84 Å². The number of sulfone groups is 1. The number of hydrogen-bond acceptors (Lipinski definition) is 4. The summed E-state index contributed by atoms with van der Waals surface area (Å²) in [5, 5.41) is 3.66. The molecule has 1 fully saturated rings. The molecule has 0 amide bonds. The van der Waals surface area contributed by atoms with Gasteiger partial charge in [0, 0.05) is 0 Å². The summed E-state index contributed by atoms with van der Waals surface area (Å²) in [5.41, 5.74) is 0. The van der Waals surface area contributed by atoms with Crippen molar-refractivity contribution in [1.82, 2.24) is 0 Å². The Bertz CT molecular complexity index is 310. The van der Waals surface area contributed by atoms with E-state index in [-0.39, 0.29) is 23.5 Å². The van der Waals surface area contributed by atoms with Crippen LogP contribution in [0.15, 0.2) is 5.16 Å². The molecule has 0 N–H and O–H groups in total. The van der Waals surface area contributed by atoms with E-state index in [1.807, 2.05) is 0 Å². The second-order valence-electron chi connectivity index (χ2n) is 2.74. The molecule has 0 aromatic heterocycles. The summed E-state index contributed by atoms with van der Waals surface area (Å²) in [6, 6.07) is 0. The molecular formula is C5H6BrNO3S. The normalized spacial score (nSPS) is 39.5. The Morgan fingerprint density at radius 1 is 1.55 bits per heavy atom. The number of rotatable bonds is 0. The van der Waals surface area contributed by atoms with Crippen molar-refractivity contribution in [2.75, 3.05) is 11.5 Å². The average Bonchev–Trinajstić information content (AvgIpc) is 2.31. The van der Waals surface area contributed by atoms with Crippen molar-refractivity contribution in [2.45, 2.75) is 6.10 Å². The summed E-state index contributed by atoms with van der Waals surface area (Å²) in [5.74, 6) is 0.220. The van der Waals surface area contributed by atoms with E-state index < -0.39 is 9.84 Å². The van der Waals surface area contributed by atoms with Gasteiger partial charge >= 0.3 is 0 Å². The third-order valence-electron chi connectivity index (χ3n) is 1.88. The highest BCUT2D eigenvalue weighted by molar-refractivity contribution is 9.18. The zero-order chi connectivity index (χ0) is 8.06. The van der Waals surface area contributed by atoms with Gasteiger partial charge in [-0.25, -0.2) is 8.42 Å². The largest absolute Gasteiger partial charge is 0.390 e.